The van der Waals surface area contributed by atoms with Gasteiger partial charge in [-0.2, -0.15) is 0 Å². The molecule has 1 rings (SSSR count). The molecule has 0 N–H and O–H groups in total. The molecule has 0 radical (unpaired) electrons. The second-order valence-electron chi connectivity index (χ2n) is 3.13. The molecule has 0 unspecified atom stereocenters. The quantitative estimate of drug-likeness (QED) is 0.750. The van der Waals surface area contributed by atoms with Crippen molar-refractivity contribution >= 4 is 44.9 Å². The molecule has 1 aromatic rings. The van der Waals surface area contributed by atoms with Crippen LogP contribution >= 0.6 is 39.1 Å². The Kier molecular flexibility index (Phi) is 6.43. The predicted molar refractivity (Wildman–Crippen MR) is 71.8 cm³/mol. The van der Waals surface area contributed by atoms with Crippen LogP contribution in [0.5, 0.6) is 0 Å². The van der Waals surface area contributed by atoms with E-state index in [1.165, 1.54) is 0 Å². The van der Waals surface area contributed by atoms with E-state index in [0.29, 0.717) is 24.1 Å². The highest BCUT2D eigenvalue weighted by Gasteiger charge is 2.11. The summed E-state index contributed by atoms with van der Waals surface area (Å²) in [5, 5.41) is 0.607. The monoisotopic (exact) mass is 326 g/mol. The number of halogens is 3. The number of nitrogens with zero attached hydrogens (tertiary/aromatic N) is 2. The normalized spacial score (nSPS) is 10.5. The van der Waals surface area contributed by atoms with Gasteiger partial charge in [0.25, 0.3) is 0 Å². The number of aromatic nitrogens is 1. The zero-order valence-electron chi connectivity index (χ0n) is 8.92. The van der Waals surface area contributed by atoms with Gasteiger partial charge in [-0.3, -0.25) is 0 Å². The Morgan fingerprint density at radius 2 is 2.25 bits per heavy atom. The molecule has 0 saturated heterocycles. The van der Waals surface area contributed by atoms with Crippen LogP contribution in [0.1, 0.15) is 0 Å². The third-order valence-electron chi connectivity index (χ3n) is 2.01. The van der Waals surface area contributed by atoms with Gasteiger partial charge in [0, 0.05) is 36.7 Å². The Labute approximate surface area is 114 Å². The molecule has 0 amide bonds. The van der Waals surface area contributed by atoms with Crippen LogP contribution in [-0.2, 0) is 4.74 Å². The predicted octanol–water partition coefficient (Wildman–Crippen LogP) is 3.19. The second kappa shape index (κ2) is 7.33. The highest BCUT2D eigenvalue weighted by Crippen LogP contribution is 2.26. The molecule has 6 heteroatoms. The highest BCUT2D eigenvalue weighted by atomic mass is 79.9. The lowest BCUT2D eigenvalue weighted by Crippen LogP contribution is -2.30. The van der Waals surface area contributed by atoms with E-state index in [0.717, 1.165) is 16.8 Å². The lowest BCUT2D eigenvalue weighted by atomic mass is 10.4. The summed E-state index contributed by atoms with van der Waals surface area (Å²) >= 11 is 15.2. The number of ether oxygens (including phenoxy) is 1. The Morgan fingerprint density at radius 3 is 2.81 bits per heavy atom. The summed E-state index contributed by atoms with van der Waals surface area (Å²) in [6, 6.07) is 1.82. The number of hydrogen-bond donors (Lipinski definition) is 0. The molecular formula is C10H13BrCl2N2O. The second-order valence-corrected chi connectivity index (χ2v) is 4.83. The molecule has 0 aliphatic carbocycles. The summed E-state index contributed by atoms with van der Waals surface area (Å²) in [5.74, 6) is 1.26. The van der Waals surface area contributed by atoms with E-state index in [-0.39, 0.29) is 0 Å². The van der Waals surface area contributed by atoms with Crippen LogP contribution < -0.4 is 4.90 Å². The summed E-state index contributed by atoms with van der Waals surface area (Å²) in [7, 11) is 1.66. The van der Waals surface area contributed by atoms with Crippen molar-refractivity contribution in [3.8, 4) is 0 Å². The summed E-state index contributed by atoms with van der Waals surface area (Å²) in [4.78, 5) is 6.29. The van der Waals surface area contributed by atoms with Gasteiger partial charge in [-0.1, -0.05) is 11.6 Å². The number of methoxy groups -OCH3 is 1. The molecule has 0 aliphatic heterocycles. The summed E-state index contributed by atoms with van der Waals surface area (Å²) in [6.07, 6.45) is 1.72. The van der Waals surface area contributed by atoms with Crippen molar-refractivity contribution < 1.29 is 4.74 Å². The molecule has 0 saturated carbocycles. The largest absolute Gasteiger partial charge is 0.383 e. The Balaban J connectivity index is 2.82. The molecular weight excluding hydrogens is 315 g/mol. The molecule has 0 bridgehead atoms. The third kappa shape index (κ3) is 4.09. The van der Waals surface area contributed by atoms with Crippen molar-refractivity contribution in [2.24, 2.45) is 0 Å². The molecule has 1 aromatic heterocycles. The fourth-order valence-corrected chi connectivity index (χ4v) is 2.22. The Bertz CT molecular complexity index is 339. The number of anilines is 1. The Hall–Kier alpha value is -0.0300. The minimum absolute atomic E-state index is 0.526. The SMILES string of the molecule is COCCN(CCCl)c1ncc(Br)cc1Cl. The lowest BCUT2D eigenvalue weighted by Gasteiger charge is -2.23. The minimum atomic E-state index is 0.526. The van der Waals surface area contributed by atoms with Gasteiger partial charge in [-0.05, 0) is 22.0 Å². The highest BCUT2D eigenvalue weighted by molar-refractivity contribution is 9.10. The molecule has 16 heavy (non-hydrogen) atoms. The molecule has 90 valence electrons. The molecule has 0 aliphatic rings. The first kappa shape index (κ1) is 14.0. The summed E-state index contributed by atoms with van der Waals surface area (Å²) in [5.41, 5.74) is 0. The van der Waals surface area contributed by atoms with E-state index >= 15 is 0 Å². The van der Waals surface area contributed by atoms with Gasteiger partial charge >= 0.3 is 0 Å². The van der Waals surface area contributed by atoms with Crippen molar-refractivity contribution in [2.45, 2.75) is 0 Å². The first-order chi connectivity index (χ1) is 7.69. The van der Waals surface area contributed by atoms with E-state index in [9.17, 15) is 0 Å². The number of alkyl halides is 1. The number of pyridine rings is 1. The van der Waals surface area contributed by atoms with Crippen molar-refractivity contribution in [1.29, 1.82) is 0 Å². The zero-order valence-corrected chi connectivity index (χ0v) is 12.0. The van der Waals surface area contributed by atoms with Crippen molar-refractivity contribution in [3.63, 3.8) is 0 Å². The van der Waals surface area contributed by atoms with Crippen LogP contribution in [0.4, 0.5) is 5.82 Å². The van der Waals surface area contributed by atoms with Gasteiger partial charge in [-0.15, -0.1) is 11.6 Å². The molecule has 0 spiro atoms. The first-order valence-electron chi connectivity index (χ1n) is 4.80. The van der Waals surface area contributed by atoms with Crippen LogP contribution in [0.3, 0.4) is 0 Å². The first-order valence-corrected chi connectivity index (χ1v) is 6.50. The van der Waals surface area contributed by atoms with Gasteiger partial charge in [0.15, 0.2) is 0 Å². The van der Waals surface area contributed by atoms with E-state index in [2.05, 4.69) is 20.9 Å². The standard InChI is InChI=1S/C10H13BrCl2N2O/c1-16-5-4-15(3-2-12)10-9(13)6-8(11)7-14-10/h6-7H,2-5H2,1H3. The third-order valence-corrected chi connectivity index (χ3v) is 2.89. The minimum Gasteiger partial charge on any atom is -0.383 e. The average molecular weight is 328 g/mol. The van der Waals surface area contributed by atoms with Crippen molar-refractivity contribution in [1.82, 2.24) is 4.98 Å². The number of rotatable bonds is 6. The maximum atomic E-state index is 6.12. The van der Waals surface area contributed by atoms with Crippen LogP contribution in [0, 0.1) is 0 Å². The Morgan fingerprint density at radius 1 is 1.50 bits per heavy atom. The van der Waals surface area contributed by atoms with E-state index in [1.54, 1.807) is 13.3 Å². The maximum Gasteiger partial charge on any atom is 0.147 e. The van der Waals surface area contributed by atoms with Crippen molar-refractivity contribution in [2.75, 3.05) is 37.6 Å². The average Bonchev–Trinajstić information content (AvgIpc) is 2.25. The maximum absolute atomic E-state index is 6.12. The van der Waals surface area contributed by atoms with Gasteiger partial charge in [0.2, 0.25) is 0 Å². The van der Waals surface area contributed by atoms with Gasteiger partial charge in [-0.25, -0.2) is 4.98 Å². The molecule has 0 atom stereocenters. The fraction of sp³-hybridized carbons (Fsp3) is 0.500. The van der Waals surface area contributed by atoms with Crippen LogP contribution in [-0.4, -0.2) is 37.7 Å². The molecule has 1 heterocycles. The van der Waals surface area contributed by atoms with E-state index in [4.69, 9.17) is 27.9 Å². The summed E-state index contributed by atoms with van der Waals surface area (Å²) < 4.78 is 5.90. The molecule has 3 nitrogen and oxygen atoms in total. The van der Waals surface area contributed by atoms with E-state index < -0.39 is 0 Å². The van der Waals surface area contributed by atoms with Crippen molar-refractivity contribution in [3.05, 3.63) is 21.8 Å². The molecule has 0 aromatic carbocycles. The molecule has 0 fully saturated rings. The van der Waals surface area contributed by atoms with E-state index in [1.807, 2.05) is 11.0 Å². The lowest BCUT2D eigenvalue weighted by molar-refractivity contribution is 0.205. The number of hydrogen-bond acceptors (Lipinski definition) is 3. The van der Waals surface area contributed by atoms with Gasteiger partial charge in [0.1, 0.15) is 5.82 Å². The summed E-state index contributed by atoms with van der Waals surface area (Å²) in [6.45, 7) is 2.03. The topological polar surface area (TPSA) is 25.4 Å². The fourth-order valence-electron chi connectivity index (χ4n) is 1.27. The van der Waals surface area contributed by atoms with Crippen LogP contribution in [0.2, 0.25) is 5.02 Å². The van der Waals surface area contributed by atoms with Gasteiger partial charge in [0.05, 0.1) is 11.6 Å². The smallest absolute Gasteiger partial charge is 0.147 e. The van der Waals surface area contributed by atoms with Crippen LogP contribution in [0.25, 0.3) is 0 Å². The van der Waals surface area contributed by atoms with Crippen LogP contribution in [0.15, 0.2) is 16.7 Å². The van der Waals surface area contributed by atoms with Gasteiger partial charge < -0.3 is 9.64 Å². The zero-order chi connectivity index (χ0) is 12.0.